The minimum absolute atomic E-state index is 0.280. The molecule has 0 saturated carbocycles. The summed E-state index contributed by atoms with van der Waals surface area (Å²) in [5, 5.41) is 11.7. The number of rotatable bonds is 9. The van der Waals surface area contributed by atoms with Gasteiger partial charge in [0.25, 0.3) is 0 Å². The minimum Gasteiger partial charge on any atom is -0.396 e. The van der Waals surface area contributed by atoms with E-state index >= 15 is 0 Å². The predicted octanol–water partition coefficient (Wildman–Crippen LogP) is 0.298. The lowest BCUT2D eigenvalue weighted by atomic mass is 10.4. The Morgan fingerprint density at radius 2 is 1.92 bits per heavy atom. The molecule has 0 rings (SSSR count). The highest BCUT2D eigenvalue weighted by atomic mass is 33.1. The summed E-state index contributed by atoms with van der Waals surface area (Å²) in [4.78, 5) is 0. The van der Waals surface area contributed by atoms with Gasteiger partial charge in [-0.05, 0) is 13.0 Å². The third-order valence-electron chi connectivity index (χ3n) is 1.16. The Hall–Kier alpha value is 0.580. The molecule has 12 heavy (non-hydrogen) atoms. The molecule has 0 aliphatic heterocycles. The molecule has 0 aromatic rings. The number of aliphatic hydroxyl groups is 1. The number of hydrogen-bond acceptors (Lipinski definition) is 5. The van der Waals surface area contributed by atoms with Gasteiger partial charge in [0.05, 0.1) is 0 Å². The van der Waals surface area contributed by atoms with Gasteiger partial charge in [0, 0.05) is 31.2 Å². The van der Waals surface area contributed by atoms with Crippen molar-refractivity contribution in [3.8, 4) is 0 Å². The first-order valence-corrected chi connectivity index (χ1v) is 6.66. The second-order valence-corrected chi connectivity index (χ2v) is 4.96. The van der Waals surface area contributed by atoms with Crippen molar-refractivity contribution >= 4 is 21.6 Å². The van der Waals surface area contributed by atoms with Crippen molar-refractivity contribution in [1.82, 2.24) is 5.32 Å². The Kier molecular flexibility index (Phi) is 12.1. The fourth-order valence-corrected chi connectivity index (χ4v) is 2.41. The van der Waals surface area contributed by atoms with Crippen molar-refractivity contribution < 1.29 is 5.11 Å². The van der Waals surface area contributed by atoms with Crippen LogP contribution >= 0.6 is 21.6 Å². The van der Waals surface area contributed by atoms with Gasteiger partial charge < -0.3 is 16.2 Å². The molecule has 74 valence electrons. The van der Waals surface area contributed by atoms with Crippen LogP contribution in [0.4, 0.5) is 0 Å². The van der Waals surface area contributed by atoms with Crippen LogP contribution in [0.3, 0.4) is 0 Å². The van der Waals surface area contributed by atoms with Crippen LogP contribution in [-0.4, -0.2) is 42.9 Å². The summed E-state index contributed by atoms with van der Waals surface area (Å²) < 4.78 is 0. The first kappa shape index (κ1) is 12.6. The molecule has 5 heteroatoms. The van der Waals surface area contributed by atoms with Gasteiger partial charge in [0.15, 0.2) is 0 Å². The maximum Gasteiger partial charge on any atom is 0.0443 e. The molecular formula is C7H18N2OS2. The monoisotopic (exact) mass is 210 g/mol. The van der Waals surface area contributed by atoms with E-state index in [-0.39, 0.29) is 6.61 Å². The molecule has 0 atom stereocenters. The van der Waals surface area contributed by atoms with Crippen molar-refractivity contribution in [2.75, 3.05) is 37.7 Å². The fraction of sp³-hybridized carbons (Fsp3) is 1.00. The van der Waals surface area contributed by atoms with Crippen LogP contribution in [0.1, 0.15) is 6.42 Å². The van der Waals surface area contributed by atoms with Crippen LogP contribution in [0.15, 0.2) is 0 Å². The zero-order valence-electron chi connectivity index (χ0n) is 7.29. The average molecular weight is 210 g/mol. The van der Waals surface area contributed by atoms with Crippen LogP contribution in [0.5, 0.6) is 0 Å². The zero-order chi connectivity index (χ0) is 9.07. The summed E-state index contributed by atoms with van der Waals surface area (Å²) >= 11 is 0. The standard InChI is InChI=1S/C7H18N2OS2/c8-2-6-11-12-7-4-9-3-1-5-10/h9-10H,1-8H2. The van der Waals surface area contributed by atoms with E-state index in [1.54, 1.807) is 0 Å². The highest BCUT2D eigenvalue weighted by Gasteiger charge is 1.89. The highest BCUT2D eigenvalue weighted by molar-refractivity contribution is 8.76. The second-order valence-electron chi connectivity index (χ2n) is 2.26. The van der Waals surface area contributed by atoms with Crippen LogP contribution in [0.25, 0.3) is 0 Å². The van der Waals surface area contributed by atoms with E-state index in [2.05, 4.69) is 5.32 Å². The molecule has 0 aromatic carbocycles. The summed E-state index contributed by atoms with van der Waals surface area (Å²) in [6, 6.07) is 0. The summed E-state index contributed by atoms with van der Waals surface area (Å²) in [7, 11) is 3.67. The second kappa shape index (κ2) is 11.6. The third-order valence-corrected chi connectivity index (χ3v) is 3.60. The molecule has 0 aliphatic carbocycles. The van der Waals surface area contributed by atoms with Crippen LogP contribution in [0.2, 0.25) is 0 Å². The van der Waals surface area contributed by atoms with E-state index in [4.69, 9.17) is 10.8 Å². The normalized spacial score (nSPS) is 10.5. The molecule has 0 bridgehead atoms. The van der Waals surface area contributed by atoms with Gasteiger partial charge in [-0.25, -0.2) is 0 Å². The Labute approximate surface area is 82.3 Å². The Bertz CT molecular complexity index is 75.8. The Balaban J connectivity index is 2.73. The predicted molar refractivity (Wildman–Crippen MR) is 58.5 cm³/mol. The topological polar surface area (TPSA) is 58.3 Å². The lowest BCUT2D eigenvalue weighted by molar-refractivity contribution is 0.286. The van der Waals surface area contributed by atoms with E-state index in [1.165, 1.54) is 0 Å². The molecule has 0 heterocycles. The number of aliphatic hydroxyl groups excluding tert-OH is 1. The van der Waals surface area contributed by atoms with Gasteiger partial charge >= 0.3 is 0 Å². The summed E-state index contributed by atoms with van der Waals surface area (Å²) in [6.45, 7) is 2.97. The lowest BCUT2D eigenvalue weighted by Crippen LogP contribution is -2.18. The molecule has 0 aromatic heterocycles. The average Bonchev–Trinajstić information content (AvgIpc) is 2.10. The fourth-order valence-electron chi connectivity index (χ4n) is 0.609. The minimum atomic E-state index is 0.280. The molecule has 0 radical (unpaired) electrons. The largest absolute Gasteiger partial charge is 0.396 e. The van der Waals surface area contributed by atoms with Gasteiger partial charge in [-0.1, -0.05) is 21.6 Å². The molecular weight excluding hydrogens is 192 g/mol. The molecule has 0 unspecified atom stereocenters. The SMILES string of the molecule is NCCSSCCNCCCO. The van der Waals surface area contributed by atoms with E-state index in [0.717, 1.165) is 37.6 Å². The highest BCUT2D eigenvalue weighted by Crippen LogP contribution is 2.18. The number of nitrogens with one attached hydrogen (secondary N) is 1. The zero-order valence-corrected chi connectivity index (χ0v) is 8.92. The van der Waals surface area contributed by atoms with Crippen LogP contribution in [0, 0.1) is 0 Å². The van der Waals surface area contributed by atoms with E-state index in [0.29, 0.717) is 0 Å². The number of hydrogen-bond donors (Lipinski definition) is 3. The van der Waals surface area contributed by atoms with Crippen molar-refractivity contribution in [2.45, 2.75) is 6.42 Å². The summed E-state index contributed by atoms with van der Waals surface area (Å²) in [5.41, 5.74) is 5.33. The molecule has 0 fully saturated rings. The molecule has 0 saturated heterocycles. The molecule has 3 nitrogen and oxygen atoms in total. The molecule has 0 amide bonds. The maximum absolute atomic E-state index is 8.48. The number of nitrogens with two attached hydrogens (primary N) is 1. The Morgan fingerprint density at radius 1 is 1.17 bits per heavy atom. The van der Waals surface area contributed by atoms with E-state index in [1.807, 2.05) is 21.6 Å². The van der Waals surface area contributed by atoms with Gasteiger partial charge in [-0.2, -0.15) is 0 Å². The lowest BCUT2D eigenvalue weighted by Gasteiger charge is -2.02. The quantitative estimate of drug-likeness (QED) is 0.377. The first-order valence-electron chi connectivity index (χ1n) is 4.18. The van der Waals surface area contributed by atoms with Crippen LogP contribution < -0.4 is 11.1 Å². The molecule has 4 N–H and O–H groups in total. The first-order chi connectivity index (χ1) is 5.91. The van der Waals surface area contributed by atoms with E-state index < -0.39 is 0 Å². The smallest absolute Gasteiger partial charge is 0.0443 e. The van der Waals surface area contributed by atoms with Crippen molar-refractivity contribution in [3.63, 3.8) is 0 Å². The summed E-state index contributed by atoms with van der Waals surface area (Å²) in [5.74, 6) is 2.14. The van der Waals surface area contributed by atoms with Gasteiger partial charge in [-0.3, -0.25) is 0 Å². The van der Waals surface area contributed by atoms with Gasteiger partial charge in [0.2, 0.25) is 0 Å². The van der Waals surface area contributed by atoms with Crippen LogP contribution in [-0.2, 0) is 0 Å². The van der Waals surface area contributed by atoms with Gasteiger partial charge in [0.1, 0.15) is 0 Å². The third kappa shape index (κ3) is 10.6. The summed E-state index contributed by atoms with van der Waals surface area (Å²) in [6.07, 6.45) is 0.848. The van der Waals surface area contributed by atoms with Crippen molar-refractivity contribution in [2.24, 2.45) is 5.73 Å². The molecule has 0 spiro atoms. The van der Waals surface area contributed by atoms with Crippen molar-refractivity contribution in [3.05, 3.63) is 0 Å². The Morgan fingerprint density at radius 3 is 2.58 bits per heavy atom. The van der Waals surface area contributed by atoms with E-state index in [9.17, 15) is 0 Å². The van der Waals surface area contributed by atoms with Crippen molar-refractivity contribution in [1.29, 1.82) is 0 Å². The van der Waals surface area contributed by atoms with Gasteiger partial charge in [-0.15, -0.1) is 0 Å². The maximum atomic E-state index is 8.48. The molecule has 0 aliphatic rings.